The van der Waals surface area contributed by atoms with E-state index in [1.54, 1.807) is 19.0 Å². The van der Waals surface area contributed by atoms with Crippen LogP contribution in [-0.4, -0.2) is 68.7 Å². The number of fused-ring (bicyclic) bond motifs is 3. The van der Waals surface area contributed by atoms with Crippen LogP contribution in [0.2, 0.25) is 0 Å². The Morgan fingerprint density at radius 3 is 2.33 bits per heavy atom. The number of phenols is 1. The largest absolute Gasteiger partial charge is 0.828 e. The Bertz CT molecular complexity index is 1640. The number of carbonyl (C=O) groups excluding carboxylic acids is 4. The van der Waals surface area contributed by atoms with Crippen molar-refractivity contribution in [1.29, 1.82) is 0 Å². The van der Waals surface area contributed by atoms with Crippen molar-refractivity contribution in [2.24, 2.45) is 17.6 Å². The molecular formula is C29H29N4O10-. The number of anilines is 3. The third kappa shape index (κ3) is 4.65. The summed E-state index contributed by atoms with van der Waals surface area (Å²) in [5, 5.41) is 70.1. The summed E-state index contributed by atoms with van der Waals surface area (Å²) in [5.74, 6) is -7.49. The van der Waals surface area contributed by atoms with E-state index in [1.165, 1.54) is 30.3 Å². The van der Waals surface area contributed by atoms with Gasteiger partial charge in [0.15, 0.2) is 17.1 Å². The summed E-state index contributed by atoms with van der Waals surface area (Å²) in [5.41, 5.74) is 2.31. The van der Waals surface area contributed by atoms with Crippen molar-refractivity contribution in [2.75, 3.05) is 29.6 Å². The zero-order valence-corrected chi connectivity index (χ0v) is 23.0. The maximum Gasteiger partial charge on any atom is 0.323 e. The first-order valence-electron chi connectivity index (χ1n) is 13.2. The summed E-state index contributed by atoms with van der Waals surface area (Å²) < 4.78 is 0. The second-order valence-corrected chi connectivity index (χ2v) is 11.0. The van der Waals surface area contributed by atoms with Crippen LogP contribution in [0.25, 0.3) is 5.76 Å². The molecule has 0 heterocycles. The number of Topliss-reactive ketones (excluding diaryl/α,β-unsaturated/α-hetero) is 2. The van der Waals surface area contributed by atoms with Gasteiger partial charge in [-0.3, -0.25) is 14.4 Å². The lowest BCUT2D eigenvalue weighted by molar-refractivity contribution is -0.490. The standard InChI is InChI=1S/C29H29N4O10/c1-33(2)17-10-16(32-28(42)31-14-5-3-11(4-6-14)27(40)41)22(35)20-15(17)8-12-7-13-9-18(34)21(26(30)39)25(38)29(13,43)24(37)19(12)23(20)36/h3-6,10,12-13,27,35-36,38,40,43H,7-9H2,1-2H3,(H2,30,39)(H2,31,32,42)/q-1/t12-,13+,27?,29+/m1/s1. The number of nitrogens with two attached hydrogens (primary N) is 1. The predicted molar refractivity (Wildman–Crippen MR) is 150 cm³/mol. The predicted octanol–water partition coefficient (Wildman–Crippen LogP) is 0.485. The lowest BCUT2D eigenvalue weighted by Crippen LogP contribution is -2.58. The minimum absolute atomic E-state index is 0.0128. The average molecular weight is 594 g/mol. The number of amides is 3. The molecule has 3 amide bonds. The first kappa shape index (κ1) is 29.6. The highest BCUT2D eigenvalue weighted by molar-refractivity contribution is 6.22. The van der Waals surface area contributed by atoms with Gasteiger partial charge in [-0.15, -0.1) is 0 Å². The number of carbonyl (C=O) groups is 4. The Balaban J connectivity index is 1.56. The van der Waals surface area contributed by atoms with Crippen LogP contribution in [0.1, 0.15) is 35.8 Å². The van der Waals surface area contributed by atoms with Gasteiger partial charge in [-0.1, -0.05) is 12.1 Å². The topological polar surface area (TPSA) is 246 Å². The van der Waals surface area contributed by atoms with E-state index in [4.69, 9.17) is 10.8 Å². The minimum atomic E-state index is -2.69. The Morgan fingerprint density at radius 2 is 1.74 bits per heavy atom. The van der Waals surface area contributed by atoms with Gasteiger partial charge in [0.1, 0.15) is 17.1 Å². The van der Waals surface area contributed by atoms with Gasteiger partial charge >= 0.3 is 6.03 Å². The van der Waals surface area contributed by atoms with Crippen molar-refractivity contribution in [3.8, 4) is 5.75 Å². The van der Waals surface area contributed by atoms with E-state index >= 15 is 0 Å². The number of benzene rings is 2. The summed E-state index contributed by atoms with van der Waals surface area (Å²) in [6, 6.07) is 6.11. The lowest BCUT2D eigenvalue weighted by atomic mass is 9.59. The highest BCUT2D eigenvalue weighted by Crippen LogP contribution is 2.54. The minimum Gasteiger partial charge on any atom is -0.828 e. The fraction of sp³-hybridized carbons (Fsp3) is 0.310. The number of urea groups is 1. The van der Waals surface area contributed by atoms with E-state index in [2.05, 4.69) is 10.6 Å². The van der Waals surface area contributed by atoms with E-state index in [0.29, 0.717) is 11.3 Å². The number of ketones is 2. The number of aliphatic hydroxyl groups excluding tert-OH is 3. The number of phenolic OH excluding ortho intramolecular Hbond substituents is 1. The molecule has 3 aliphatic rings. The van der Waals surface area contributed by atoms with E-state index in [9.17, 15) is 44.7 Å². The first-order valence-corrected chi connectivity index (χ1v) is 13.2. The fourth-order valence-corrected chi connectivity index (χ4v) is 6.18. The number of nitrogens with zero attached hydrogens (tertiary/aromatic N) is 1. The zero-order chi connectivity index (χ0) is 31.5. The molecule has 1 saturated carbocycles. The number of primary amides is 1. The van der Waals surface area contributed by atoms with Crippen LogP contribution in [0.3, 0.4) is 0 Å². The summed E-state index contributed by atoms with van der Waals surface area (Å²) in [4.78, 5) is 52.6. The molecule has 5 rings (SSSR count). The van der Waals surface area contributed by atoms with Crippen molar-refractivity contribution in [3.05, 3.63) is 63.9 Å². The molecule has 2 aromatic carbocycles. The fourth-order valence-electron chi connectivity index (χ4n) is 6.18. The number of aliphatic hydroxyl groups is 4. The molecule has 4 atom stereocenters. The molecule has 0 saturated heterocycles. The van der Waals surface area contributed by atoms with Gasteiger partial charge < -0.3 is 51.9 Å². The van der Waals surface area contributed by atoms with Crippen LogP contribution in [0.15, 0.2) is 47.2 Å². The Labute approximate surface area is 244 Å². The molecule has 0 aromatic heterocycles. The number of nitrogens with one attached hydrogen (secondary N) is 2. The number of hydrogen-bond donors (Lipinski definition) is 8. The van der Waals surface area contributed by atoms with Gasteiger partial charge in [-0.2, -0.15) is 0 Å². The summed E-state index contributed by atoms with van der Waals surface area (Å²) in [6.45, 7) is 0. The maximum absolute atomic E-state index is 13.8. The third-order valence-electron chi connectivity index (χ3n) is 8.22. The molecule has 14 nitrogen and oxygen atoms in total. The van der Waals surface area contributed by atoms with Crippen LogP contribution in [0.5, 0.6) is 5.75 Å². The molecule has 1 unspecified atom stereocenters. The second kappa shape index (κ2) is 10.4. The van der Waals surface area contributed by atoms with Gasteiger partial charge in [0.05, 0.1) is 11.3 Å². The van der Waals surface area contributed by atoms with Crippen LogP contribution in [-0.2, 0) is 20.8 Å². The molecule has 2 aromatic rings. The Kier molecular flexibility index (Phi) is 7.16. The highest BCUT2D eigenvalue weighted by atomic mass is 16.5. The summed E-state index contributed by atoms with van der Waals surface area (Å²) in [6.07, 6.45) is -2.28. The van der Waals surface area contributed by atoms with E-state index in [0.717, 1.165) is 0 Å². The van der Waals surface area contributed by atoms with Crippen molar-refractivity contribution >= 4 is 46.3 Å². The van der Waals surface area contributed by atoms with E-state index < -0.39 is 76.5 Å². The molecular weight excluding hydrogens is 564 g/mol. The van der Waals surface area contributed by atoms with Gasteiger partial charge in [0.25, 0.3) is 5.91 Å². The van der Waals surface area contributed by atoms with E-state index in [1.807, 2.05) is 0 Å². The Hall–Kier alpha value is -4.92. The summed E-state index contributed by atoms with van der Waals surface area (Å²) in [7, 11) is 3.38. The molecule has 43 heavy (non-hydrogen) atoms. The SMILES string of the molecule is CN(C)c1cc(NC(=O)Nc2ccc(C([O-])O)cc2)c(O)c2c1C[C@H]1C[C@H]3CC(=O)C(C(N)=O)=C(O)[C@@]3(O)C(=O)C1=C2O. The van der Waals surface area contributed by atoms with E-state index in [-0.39, 0.29) is 40.9 Å². The average Bonchev–Trinajstić information content (AvgIpc) is 2.92. The van der Waals surface area contributed by atoms with Gasteiger partial charge in [0, 0.05) is 49.7 Å². The monoisotopic (exact) mass is 593 g/mol. The number of rotatable bonds is 5. The molecule has 0 spiro atoms. The normalized spacial score (nSPS) is 23.7. The molecule has 0 radical (unpaired) electrons. The maximum atomic E-state index is 13.8. The molecule has 9 N–H and O–H groups in total. The van der Waals surface area contributed by atoms with Crippen molar-refractivity contribution in [1.82, 2.24) is 0 Å². The number of aromatic hydroxyl groups is 1. The molecule has 14 heteroatoms. The molecule has 0 aliphatic heterocycles. The summed E-state index contributed by atoms with van der Waals surface area (Å²) >= 11 is 0. The molecule has 0 bridgehead atoms. The van der Waals surface area contributed by atoms with Gasteiger partial charge in [-0.25, -0.2) is 4.79 Å². The smallest absolute Gasteiger partial charge is 0.323 e. The first-order chi connectivity index (χ1) is 20.2. The third-order valence-corrected chi connectivity index (χ3v) is 8.22. The molecule has 226 valence electrons. The van der Waals surface area contributed by atoms with Crippen LogP contribution >= 0.6 is 0 Å². The van der Waals surface area contributed by atoms with Gasteiger partial charge in [-0.05, 0) is 48.1 Å². The van der Waals surface area contributed by atoms with Crippen molar-refractivity contribution in [3.63, 3.8) is 0 Å². The quantitative estimate of drug-likeness (QED) is 0.135. The van der Waals surface area contributed by atoms with Crippen molar-refractivity contribution < 1.29 is 49.8 Å². The number of hydrogen-bond acceptors (Lipinski definition) is 11. The Morgan fingerprint density at radius 1 is 1.09 bits per heavy atom. The van der Waals surface area contributed by atoms with Crippen molar-refractivity contribution in [2.45, 2.75) is 31.2 Å². The zero-order valence-electron chi connectivity index (χ0n) is 23.0. The van der Waals surface area contributed by atoms with Gasteiger partial charge in [0.2, 0.25) is 5.78 Å². The second-order valence-electron chi connectivity index (χ2n) is 11.0. The van der Waals surface area contributed by atoms with Crippen LogP contribution in [0.4, 0.5) is 21.9 Å². The van der Waals surface area contributed by atoms with Crippen LogP contribution < -0.4 is 26.4 Å². The highest BCUT2D eigenvalue weighted by Gasteiger charge is 2.60. The lowest BCUT2D eigenvalue weighted by Gasteiger charge is -2.46. The molecule has 3 aliphatic carbocycles. The molecule has 1 fully saturated rings. The van der Waals surface area contributed by atoms with Crippen LogP contribution in [0, 0.1) is 11.8 Å².